The number of esters is 1. The zero-order valence-corrected chi connectivity index (χ0v) is 19.2. The maximum absolute atomic E-state index is 11.8. The molecule has 0 unspecified atom stereocenters. The fourth-order valence-electron chi connectivity index (χ4n) is 2.32. The van der Waals surface area contributed by atoms with Gasteiger partial charge in [-0.15, -0.1) is 0 Å². The number of carbonyl (C=O) groups is 3. The lowest BCUT2D eigenvalue weighted by Crippen LogP contribution is -2.34. The van der Waals surface area contributed by atoms with Crippen molar-refractivity contribution in [3.8, 4) is 0 Å². The van der Waals surface area contributed by atoms with Crippen molar-refractivity contribution in [3.63, 3.8) is 0 Å². The highest BCUT2D eigenvalue weighted by Gasteiger charge is 2.15. The van der Waals surface area contributed by atoms with Gasteiger partial charge in [-0.2, -0.15) is 0 Å². The Balaban J connectivity index is 1.97. The molecular formula is C22H34N2O8. The summed E-state index contributed by atoms with van der Waals surface area (Å²) in [6.45, 7) is 7.62. The summed E-state index contributed by atoms with van der Waals surface area (Å²) in [5, 5.41) is 5.31. The Hall–Kier alpha value is -2.69. The number of amides is 2. The van der Waals surface area contributed by atoms with Crippen LogP contribution >= 0.6 is 0 Å². The van der Waals surface area contributed by atoms with Crippen LogP contribution in [0.1, 0.15) is 36.7 Å². The standard InChI is InChI=1S/C22H34N2O8/c1-22(2,3)32-21(27)23-8-9-29-10-11-30-12-13-31-16-19(25)24-15-17-6-5-7-18(14-17)20(26)28-4/h5-7,14H,8-13,15-16H2,1-4H3,(H,23,27)(H,24,25). The van der Waals surface area contributed by atoms with E-state index in [4.69, 9.17) is 18.9 Å². The highest BCUT2D eigenvalue weighted by Crippen LogP contribution is 2.07. The molecule has 0 atom stereocenters. The van der Waals surface area contributed by atoms with Crippen molar-refractivity contribution in [3.05, 3.63) is 35.4 Å². The van der Waals surface area contributed by atoms with Gasteiger partial charge in [0.1, 0.15) is 12.2 Å². The molecule has 1 rings (SSSR count). The molecule has 0 aliphatic rings. The number of methoxy groups -OCH3 is 1. The summed E-state index contributed by atoms with van der Waals surface area (Å²) in [7, 11) is 1.32. The summed E-state index contributed by atoms with van der Waals surface area (Å²) in [4.78, 5) is 34.8. The molecule has 2 N–H and O–H groups in total. The van der Waals surface area contributed by atoms with Gasteiger partial charge in [0.15, 0.2) is 0 Å². The molecule has 1 aromatic carbocycles. The first-order chi connectivity index (χ1) is 15.2. The summed E-state index contributed by atoms with van der Waals surface area (Å²) >= 11 is 0. The van der Waals surface area contributed by atoms with Crippen LogP contribution < -0.4 is 10.6 Å². The fourth-order valence-corrected chi connectivity index (χ4v) is 2.32. The van der Waals surface area contributed by atoms with Gasteiger partial charge in [-0.3, -0.25) is 4.79 Å². The first kappa shape index (κ1) is 27.3. The summed E-state index contributed by atoms with van der Waals surface area (Å²) in [5.41, 5.74) is 0.681. The predicted octanol–water partition coefficient (Wildman–Crippen LogP) is 1.66. The van der Waals surface area contributed by atoms with E-state index in [1.54, 1.807) is 45.0 Å². The van der Waals surface area contributed by atoms with Gasteiger partial charge in [0.2, 0.25) is 5.91 Å². The van der Waals surface area contributed by atoms with Gasteiger partial charge in [0.25, 0.3) is 0 Å². The molecular weight excluding hydrogens is 420 g/mol. The van der Waals surface area contributed by atoms with Crippen LogP contribution in [0.3, 0.4) is 0 Å². The summed E-state index contributed by atoms with van der Waals surface area (Å²) in [6, 6.07) is 6.84. The quantitative estimate of drug-likeness (QED) is 0.322. The fraction of sp³-hybridized carbons (Fsp3) is 0.591. The lowest BCUT2D eigenvalue weighted by atomic mass is 10.1. The van der Waals surface area contributed by atoms with E-state index in [-0.39, 0.29) is 25.7 Å². The maximum atomic E-state index is 11.8. The molecule has 0 saturated carbocycles. The first-order valence-electron chi connectivity index (χ1n) is 10.4. The van der Waals surface area contributed by atoms with Gasteiger partial charge in [0, 0.05) is 13.1 Å². The van der Waals surface area contributed by atoms with E-state index in [0.29, 0.717) is 38.5 Å². The number of benzene rings is 1. The van der Waals surface area contributed by atoms with Crippen molar-refractivity contribution in [1.29, 1.82) is 0 Å². The van der Waals surface area contributed by atoms with Crippen LogP contribution in [-0.4, -0.2) is 76.9 Å². The van der Waals surface area contributed by atoms with E-state index in [9.17, 15) is 14.4 Å². The molecule has 2 amide bonds. The van der Waals surface area contributed by atoms with Crippen molar-refractivity contribution >= 4 is 18.0 Å². The lowest BCUT2D eigenvalue weighted by molar-refractivity contribution is -0.126. The Labute approximate surface area is 188 Å². The first-order valence-corrected chi connectivity index (χ1v) is 10.4. The number of nitrogens with one attached hydrogen (secondary N) is 2. The Bertz CT molecular complexity index is 718. The van der Waals surface area contributed by atoms with Crippen LogP contribution in [0.25, 0.3) is 0 Å². The van der Waals surface area contributed by atoms with Crippen LogP contribution in [0.2, 0.25) is 0 Å². The van der Waals surface area contributed by atoms with Gasteiger partial charge in [-0.1, -0.05) is 12.1 Å². The van der Waals surface area contributed by atoms with Crippen molar-refractivity contribution < 1.29 is 38.1 Å². The van der Waals surface area contributed by atoms with E-state index in [2.05, 4.69) is 15.4 Å². The minimum absolute atomic E-state index is 0.0904. The molecule has 0 aliphatic carbocycles. The molecule has 0 saturated heterocycles. The molecule has 0 fully saturated rings. The Morgan fingerprint density at radius 2 is 1.56 bits per heavy atom. The van der Waals surface area contributed by atoms with E-state index >= 15 is 0 Å². The molecule has 0 radical (unpaired) electrons. The second-order valence-electron chi connectivity index (χ2n) is 7.67. The summed E-state index contributed by atoms with van der Waals surface area (Å²) < 4.78 is 25.7. The van der Waals surface area contributed by atoms with E-state index in [1.165, 1.54) is 7.11 Å². The second kappa shape index (κ2) is 15.2. The Morgan fingerprint density at radius 3 is 2.22 bits per heavy atom. The van der Waals surface area contributed by atoms with Crippen LogP contribution in [-0.2, 0) is 35.0 Å². The van der Waals surface area contributed by atoms with Crippen LogP contribution in [0, 0.1) is 0 Å². The molecule has 10 heteroatoms. The average molecular weight is 455 g/mol. The number of carbonyl (C=O) groups excluding carboxylic acids is 3. The average Bonchev–Trinajstić information content (AvgIpc) is 2.74. The molecule has 32 heavy (non-hydrogen) atoms. The number of ether oxygens (including phenoxy) is 5. The van der Waals surface area contributed by atoms with E-state index in [1.807, 2.05) is 0 Å². The molecule has 0 bridgehead atoms. The third-order valence-corrected chi connectivity index (χ3v) is 3.73. The monoisotopic (exact) mass is 454 g/mol. The SMILES string of the molecule is COC(=O)c1cccc(CNC(=O)COCCOCCOCCNC(=O)OC(C)(C)C)c1. The van der Waals surface area contributed by atoms with Gasteiger partial charge in [-0.05, 0) is 38.5 Å². The Morgan fingerprint density at radius 1 is 0.906 bits per heavy atom. The molecule has 1 aromatic rings. The molecule has 10 nitrogen and oxygen atoms in total. The third-order valence-electron chi connectivity index (χ3n) is 3.73. The minimum Gasteiger partial charge on any atom is -0.465 e. The number of alkyl carbamates (subject to hydrolysis) is 1. The second-order valence-corrected chi connectivity index (χ2v) is 7.67. The molecule has 0 aromatic heterocycles. The summed E-state index contributed by atoms with van der Waals surface area (Å²) in [5.74, 6) is -0.696. The van der Waals surface area contributed by atoms with Gasteiger partial charge < -0.3 is 34.3 Å². The zero-order valence-electron chi connectivity index (χ0n) is 19.2. The number of rotatable bonds is 14. The minimum atomic E-state index is -0.529. The van der Waals surface area contributed by atoms with Crippen molar-refractivity contribution in [1.82, 2.24) is 10.6 Å². The molecule has 0 spiro atoms. The van der Waals surface area contributed by atoms with Gasteiger partial charge in [0.05, 0.1) is 45.7 Å². The largest absolute Gasteiger partial charge is 0.465 e. The number of hydrogen-bond donors (Lipinski definition) is 2. The highest BCUT2D eigenvalue weighted by molar-refractivity contribution is 5.89. The van der Waals surface area contributed by atoms with E-state index < -0.39 is 17.7 Å². The smallest absolute Gasteiger partial charge is 0.407 e. The van der Waals surface area contributed by atoms with Gasteiger partial charge >= 0.3 is 12.1 Å². The van der Waals surface area contributed by atoms with Crippen LogP contribution in [0.5, 0.6) is 0 Å². The van der Waals surface area contributed by atoms with Gasteiger partial charge in [-0.25, -0.2) is 9.59 Å². The third kappa shape index (κ3) is 13.6. The molecule has 180 valence electrons. The van der Waals surface area contributed by atoms with E-state index in [0.717, 1.165) is 5.56 Å². The topological polar surface area (TPSA) is 121 Å². The van der Waals surface area contributed by atoms with Crippen molar-refractivity contribution in [2.75, 3.05) is 53.3 Å². The molecule has 0 aliphatic heterocycles. The maximum Gasteiger partial charge on any atom is 0.407 e. The summed E-state index contributed by atoms with van der Waals surface area (Å²) in [6.07, 6.45) is -0.478. The van der Waals surface area contributed by atoms with Crippen molar-refractivity contribution in [2.24, 2.45) is 0 Å². The normalized spacial score (nSPS) is 11.0. The Kier molecular flexibility index (Phi) is 13.0. The molecule has 0 heterocycles. The lowest BCUT2D eigenvalue weighted by Gasteiger charge is -2.19. The predicted molar refractivity (Wildman–Crippen MR) is 116 cm³/mol. The van der Waals surface area contributed by atoms with Crippen LogP contribution in [0.4, 0.5) is 4.79 Å². The number of hydrogen-bond acceptors (Lipinski definition) is 8. The zero-order chi connectivity index (χ0) is 23.8. The van der Waals surface area contributed by atoms with Crippen molar-refractivity contribution in [2.45, 2.75) is 32.9 Å². The highest BCUT2D eigenvalue weighted by atomic mass is 16.6. The van der Waals surface area contributed by atoms with Crippen LogP contribution in [0.15, 0.2) is 24.3 Å².